The van der Waals surface area contributed by atoms with Crippen molar-refractivity contribution in [2.45, 2.75) is 0 Å². The van der Waals surface area contributed by atoms with Gasteiger partial charge in [0.2, 0.25) is 0 Å². The molecular formula is C17H14BrN3. The van der Waals surface area contributed by atoms with E-state index in [1.165, 1.54) is 0 Å². The minimum Gasteiger partial charge on any atom is -0.316 e. The summed E-state index contributed by atoms with van der Waals surface area (Å²) in [6.07, 6.45) is 3.84. The summed E-state index contributed by atoms with van der Waals surface area (Å²) in [7, 11) is 0. The first-order valence-electron chi connectivity index (χ1n) is 6.60. The average molecular weight is 340 g/mol. The zero-order valence-corrected chi connectivity index (χ0v) is 12.9. The SMILES string of the molecule is Brc1ccc(-n2cccc2/C=N\Nc2ccccc2)cc1. The largest absolute Gasteiger partial charge is 0.316 e. The molecule has 3 nitrogen and oxygen atoms in total. The maximum Gasteiger partial charge on any atom is 0.0712 e. The number of nitrogens with one attached hydrogen (secondary N) is 1. The van der Waals surface area contributed by atoms with Gasteiger partial charge in [-0.25, -0.2) is 0 Å². The van der Waals surface area contributed by atoms with E-state index in [-0.39, 0.29) is 0 Å². The lowest BCUT2D eigenvalue weighted by molar-refractivity contribution is 1.06. The van der Waals surface area contributed by atoms with Gasteiger partial charge in [0.1, 0.15) is 0 Å². The summed E-state index contributed by atoms with van der Waals surface area (Å²) < 4.78 is 3.15. The van der Waals surface area contributed by atoms with Crippen LogP contribution in [0.2, 0.25) is 0 Å². The molecule has 1 heterocycles. The first kappa shape index (κ1) is 13.6. The Hall–Kier alpha value is -2.33. The topological polar surface area (TPSA) is 29.3 Å². The Bertz CT molecular complexity index is 730. The van der Waals surface area contributed by atoms with Crippen LogP contribution in [-0.2, 0) is 0 Å². The van der Waals surface area contributed by atoms with E-state index in [1.807, 2.05) is 67.0 Å². The summed E-state index contributed by atoms with van der Waals surface area (Å²) in [5.41, 5.74) is 6.10. The quantitative estimate of drug-likeness (QED) is 0.542. The van der Waals surface area contributed by atoms with E-state index >= 15 is 0 Å². The predicted molar refractivity (Wildman–Crippen MR) is 91.1 cm³/mol. The molecule has 0 saturated carbocycles. The van der Waals surface area contributed by atoms with E-state index in [0.717, 1.165) is 21.5 Å². The third-order valence-electron chi connectivity index (χ3n) is 3.05. The van der Waals surface area contributed by atoms with Crippen molar-refractivity contribution in [1.29, 1.82) is 0 Å². The normalized spacial score (nSPS) is 10.9. The van der Waals surface area contributed by atoms with Crippen molar-refractivity contribution in [2.24, 2.45) is 5.10 Å². The Kier molecular flexibility index (Phi) is 4.17. The second kappa shape index (κ2) is 6.41. The molecule has 3 aromatic rings. The third-order valence-corrected chi connectivity index (χ3v) is 3.58. The van der Waals surface area contributed by atoms with E-state index in [0.29, 0.717) is 0 Å². The van der Waals surface area contributed by atoms with Gasteiger partial charge in [-0.05, 0) is 48.5 Å². The molecule has 0 fully saturated rings. The van der Waals surface area contributed by atoms with Gasteiger partial charge in [0.05, 0.1) is 17.6 Å². The van der Waals surface area contributed by atoms with Gasteiger partial charge in [-0.15, -0.1) is 0 Å². The van der Waals surface area contributed by atoms with E-state index < -0.39 is 0 Å². The second-order valence-corrected chi connectivity index (χ2v) is 5.43. The van der Waals surface area contributed by atoms with Gasteiger partial charge in [-0.1, -0.05) is 34.1 Å². The molecule has 0 aliphatic rings. The molecule has 0 unspecified atom stereocenters. The predicted octanol–water partition coefficient (Wildman–Crippen LogP) is 4.69. The fraction of sp³-hybridized carbons (Fsp3) is 0. The van der Waals surface area contributed by atoms with Crippen LogP contribution in [0.25, 0.3) is 5.69 Å². The lowest BCUT2D eigenvalue weighted by atomic mass is 10.3. The Labute approximate surface area is 132 Å². The number of hydrazone groups is 1. The molecule has 104 valence electrons. The van der Waals surface area contributed by atoms with Crippen molar-refractivity contribution in [3.8, 4) is 5.69 Å². The third kappa shape index (κ3) is 3.41. The zero-order valence-electron chi connectivity index (χ0n) is 11.3. The standard InChI is InChI=1S/C17H14BrN3/c18-14-8-10-16(11-9-14)21-12-4-7-17(21)13-19-20-15-5-2-1-3-6-15/h1-13,20H/b19-13-. The van der Waals surface area contributed by atoms with Crippen LogP contribution in [0, 0.1) is 0 Å². The van der Waals surface area contributed by atoms with E-state index in [9.17, 15) is 0 Å². The highest BCUT2D eigenvalue weighted by Crippen LogP contribution is 2.16. The number of nitrogens with zero attached hydrogens (tertiary/aromatic N) is 2. The van der Waals surface area contributed by atoms with Gasteiger partial charge in [-0.3, -0.25) is 5.43 Å². The highest BCUT2D eigenvalue weighted by molar-refractivity contribution is 9.10. The lowest BCUT2D eigenvalue weighted by Gasteiger charge is -2.06. The number of halogens is 1. The van der Waals surface area contributed by atoms with Crippen molar-refractivity contribution in [2.75, 3.05) is 5.43 Å². The van der Waals surface area contributed by atoms with Crippen molar-refractivity contribution >= 4 is 27.8 Å². The van der Waals surface area contributed by atoms with Crippen molar-refractivity contribution in [3.05, 3.63) is 83.1 Å². The minimum atomic E-state index is 0.968. The molecule has 0 aliphatic heterocycles. The molecule has 4 heteroatoms. The van der Waals surface area contributed by atoms with E-state index in [2.05, 4.69) is 43.2 Å². The van der Waals surface area contributed by atoms with E-state index in [4.69, 9.17) is 0 Å². The van der Waals surface area contributed by atoms with E-state index in [1.54, 1.807) is 0 Å². The summed E-state index contributed by atoms with van der Waals surface area (Å²) >= 11 is 3.45. The molecule has 2 aromatic carbocycles. The fourth-order valence-electron chi connectivity index (χ4n) is 2.02. The summed E-state index contributed by atoms with van der Waals surface area (Å²) in [5.74, 6) is 0. The smallest absolute Gasteiger partial charge is 0.0712 e. The fourth-order valence-corrected chi connectivity index (χ4v) is 2.29. The summed E-state index contributed by atoms with van der Waals surface area (Å²) in [6, 6.07) is 22.1. The van der Waals surface area contributed by atoms with Crippen molar-refractivity contribution < 1.29 is 0 Å². The molecule has 0 amide bonds. The number of hydrogen-bond acceptors (Lipinski definition) is 2. The number of para-hydroxylation sites is 1. The van der Waals surface area contributed by atoms with Crippen LogP contribution in [-0.4, -0.2) is 10.8 Å². The Morgan fingerprint density at radius 2 is 1.67 bits per heavy atom. The number of benzene rings is 2. The van der Waals surface area contributed by atoms with Crippen molar-refractivity contribution in [3.63, 3.8) is 0 Å². The molecule has 21 heavy (non-hydrogen) atoms. The molecule has 0 radical (unpaired) electrons. The molecule has 1 N–H and O–H groups in total. The lowest BCUT2D eigenvalue weighted by Crippen LogP contribution is -1.99. The molecule has 0 aliphatic carbocycles. The van der Waals surface area contributed by atoms with Crippen LogP contribution in [0.1, 0.15) is 5.69 Å². The zero-order chi connectivity index (χ0) is 14.5. The molecule has 1 aromatic heterocycles. The Balaban J connectivity index is 1.78. The highest BCUT2D eigenvalue weighted by Gasteiger charge is 2.00. The van der Waals surface area contributed by atoms with Crippen LogP contribution in [0.4, 0.5) is 5.69 Å². The van der Waals surface area contributed by atoms with Crippen LogP contribution in [0.5, 0.6) is 0 Å². The second-order valence-electron chi connectivity index (χ2n) is 4.52. The van der Waals surface area contributed by atoms with Crippen LogP contribution >= 0.6 is 15.9 Å². The van der Waals surface area contributed by atoms with Gasteiger partial charge >= 0.3 is 0 Å². The molecular weight excluding hydrogens is 326 g/mol. The Morgan fingerprint density at radius 3 is 2.43 bits per heavy atom. The average Bonchev–Trinajstić information content (AvgIpc) is 2.98. The summed E-state index contributed by atoms with van der Waals surface area (Å²) in [5, 5.41) is 4.28. The van der Waals surface area contributed by atoms with Gasteiger partial charge in [0, 0.05) is 16.4 Å². The molecule has 3 rings (SSSR count). The molecule has 0 bridgehead atoms. The number of aromatic nitrogens is 1. The molecule has 0 atom stereocenters. The van der Waals surface area contributed by atoms with Gasteiger partial charge < -0.3 is 4.57 Å². The maximum atomic E-state index is 4.28. The first-order chi connectivity index (χ1) is 10.3. The monoisotopic (exact) mass is 339 g/mol. The maximum absolute atomic E-state index is 4.28. The highest BCUT2D eigenvalue weighted by atomic mass is 79.9. The van der Waals surface area contributed by atoms with Gasteiger partial charge in [-0.2, -0.15) is 5.10 Å². The van der Waals surface area contributed by atoms with Crippen LogP contribution < -0.4 is 5.43 Å². The Morgan fingerprint density at radius 1 is 0.905 bits per heavy atom. The number of anilines is 1. The van der Waals surface area contributed by atoms with Crippen LogP contribution in [0.15, 0.2) is 82.5 Å². The van der Waals surface area contributed by atoms with Gasteiger partial charge in [0.25, 0.3) is 0 Å². The first-order valence-corrected chi connectivity index (χ1v) is 7.40. The number of hydrogen-bond donors (Lipinski definition) is 1. The minimum absolute atomic E-state index is 0.968. The van der Waals surface area contributed by atoms with Crippen molar-refractivity contribution in [1.82, 2.24) is 4.57 Å². The number of rotatable bonds is 4. The van der Waals surface area contributed by atoms with Crippen LogP contribution in [0.3, 0.4) is 0 Å². The molecule has 0 saturated heterocycles. The summed E-state index contributed by atoms with van der Waals surface area (Å²) in [6.45, 7) is 0. The van der Waals surface area contributed by atoms with Gasteiger partial charge in [0.15, 0.2) is 0 Å². The molecule has 0 spiro atoms. The summed E-state index contributed by atoms with van der Waals surface area (Å²) in [4.78, 5) is 0.